The second-order valence-electron chi connectivity index (χ2n) is 7.53. The molecule has 0 saturated carbocycles. The summed E-state index contributed by atoms with van der Waals surface area (Å²) in [6.07, 6.45) is 0. The minimum atomic E-state index is -1.30. The summed E-state index contributed by atoms with van der Waals surface area (Å²) in [5.74, 6) is 0.0148. The summed E-state index contributed by atoms with van der Waals surface area (Å²) in [7, 11) is 1.62. The molecule has 3 aromatic rings. The van der Waals surface area contributed by atoms with E-state index >= 15 is 0 Å². The van der Waals surface area contributed by atoms with Crippen molar-refractivity contribution in [2.45, 2.75) is 26.7 Å². The third-order valence-electron chi connectivity index (χ3n) is 5.89. The number of rotatable bonds is 7. The predicted molar refractivity (Wildman–Crippen MR) is 120 cm³/mol. The number of carbonyl (C=O) groups is 1. The highest BCUT2D eigenvalue weighted by Gasteiger charge is 2.46. The van der Waals surface area contributed by atoms with Gasteiger partial charge in [-0.1, -0.05) is 60.7 Å². The summed E-state index contributed by atoms with van der Waals surface area (Å²) in [5.41, 5.74) is 0.480. The predicted octanol–water partition coefficient (Wildman–Crippen LogP) is 5.38. The first kappa shape index (κ1) is 21.4. The van der Waals surface area contributed by atoms with E-state index in [4.69, 9.17) is 4.74 Å². The van der Waals surface area contributed by atoms with E-state index in [-0.39, 0.29) is 5.91 Å². The Bertz CT molecular complexity index is 1080. The first-order valence-electron chi connectivity index (χ1n) is 10.3. The number of amides is 1. The Labute approximate surface area is 178 Å². The van der Waals surface area contributed by atoms with Gasteiger partial charge in [-0.25, -0.2) is 0 Å². The molecule has 0 radical (unpaired) electrons. The quantitative estimate of drug-likeness (QED) is 0.535. The fourth-order valence-electron chi connectivity index (χ4n) is 4.27. The van der Waals surface area contributed by atoms with Crippen molar-refractivity contribution in [2.75, 3.05) is 20.2 Å². The van der Waals surface area contributed by atoms with Crippen LogP contribution in [0, 0.1) is 16.7 Å². The number of ether oxygens (including phenoxy) is 1. The molecule has 3 rings (SSSR count). The number of para-hydroxylation sites is 1. The second kappa shape index (κ2) is 9.00. The van der Waals surface area contributed by atoms with E-state index in [0.717, 1.165) is 21.9 Å². The topological polar surface area (TPSA) is 53.3 Å². The lowest BCUT2D eigenvalue weighted by Gasteiger charge is -2.36. The third-order valence-corrected chi connectivity index (χ3v) is 5.89. The zero-order valence-corrected chi connectivity index (χ0v) is 18.1. The van der Waals surface area contributed by atoms with Crippen molar-refractivity contribution in [2.24, 2.45) is 5.41 Å². The smallest absolute Gasteiger partial charge is 0.243 e. The molecule has 0 aliphatic heterocycles. The average molecular weight is 401 g/mol. The molecule has 4 heteroatoms. The molecule has 154 valence electrons. The van der Waals surface area contributed by atoms with E-state index in [1.54, 1.807) is 18.9 Å². The van der Waals surface area contributed by atoms with Gasteiger partial charge in [-0.3, -0.25) is 4.79 Å². The molecule has 30 heavy (non-hydrogen) atoms. The highest BCUT2D eigenvalue weighted by Crippen LogP contribution is 2.47. The molecular weight excluding hydrogens is 372 g/mol. The molecule has 0 bridgehead atoms. The van der Waals surface area contributed by atoms with Crippen LogP contribution in [0.3, 0.4) is 0 Å². The van der Waals surface area contributed by atoms with Crippen LogP contribution in [-0.4, -0.2) is 31.0 Å². The summed E-state index contributed by atoms with van der Waals surface area (Å²) in [5, 5.41) is 12.5. The molecule has 2 atom stereocenters. The molecule has 0 aromatic heterocycles. The Hall–Kier alpha value is -3.32. The highest BCUT2D eigenvalue weighted by atomic mass is 16.5. The fraction of sp³-hybridized carbons (Fsp3) is 0.308. The maximum Gasteiger partial charge on any atom is 0.243 e. The minimum Gasteiger partial charge on any atom is -0.496 e. The Kier molecular flexibility index (Phi) is 6.42. The number of benzene rings is 3. The van der Waals surface area contributed by atoms with Crippen molar-refractivity contribution in [3.63, 3.8) is 0 Å². The van der Waals surface area contributed by atoms with Crippen molar-refractivity contribution in [1.82, 2.24) is 4.90 Å². The second-order valence-corrected chi connectivity index (χ2v) is 7.53. The molecule has 0 N–H and O–H groups in total. The highest BCUT2D eigenvalue weighted by molar-refractivity contribution is 5.91. The number of hydrogen-bond acceptors (Lipinski definition) is 3. The normalized spacial score (nSPS) is 13.8. The van der Waals surface area contributed by atoms with Crippen LogP contribution in [0.5, 0.6) is 5.75 Å². The third kappa shape index (κ3) is 3.64. The molecule has 1 amide bonds. The van der Waals surface area contributed by atoms with Crippen LogP contribution in [0.1, 0.15) is 37.8 Å². The van der Waals surface area contributed by atoms with Gasteiger partial charge in [-0.05, 0) is 43.2 Å². The molecule has 0 aliphatic rings. The lowest BCUT2D eigenvalue weighted by atomic mass is 9.68. The molecule has 3 aromatic carbocycles. The van der Waals surface area contributed by atoms with Gasteiger partial charge in [0.05, 0.1) is 13.2 Å². The number of fused-ring (bicyclic) bond motifs is 1. The zero-order chi connectivity index (χ0) is 21.7. The Morgan fingerprint density at radius 1 is 1.00 bits per heavy atom. The van der Waals surface area contributed by atoms with Gasteiger partial charge in [0, 0.05) is 24.6 Å². The van der Waals surface area contributed by atoms with Gasteiger partial charge < -0.3 is 9.64 Å². The molecule has 0 aliphatic carbocycles. The summed E-state index contributed by atoms with van der Waals surface area (Å²) in [4.78, 5) is 15.4. The van der Waals surface area contributed by atoms with E-state index in [1.165, 1.54) is 0 Å². The number of nitrogens with zero attached hydrogens (tertiary/aromatic N) is 2. The van der Waals surface area contributed by atoms with Gasteiger partial charge in [-0.15, -0.1) is 0 Å². The van der Waals surface area contributed by atoms with Crippen LogP contribution < -0.4 is 4.74 Å². The van der Waals surface area contributed by atoms with Gasteiger partial charge in [-0.2, -0.15) is 5.26 Å². The number of hydrogen-bond donors (Lipinski definition) is 0. The number of carbonyl (C=O) groups excluding carboxylic acids is 1. The van der Waals surface area contributed by atoms with Crippen LogP contribution in [-0.2, 0) is 4.79 Å². The van der Waals surface area contributed by atoms with E-state index in [1.807, 2.05) is 80.6 Å². The Balaban J connectivity index is 2.35. The molecular formula is C26H28N2O2. The first-order valence-corrected chi connectivity index (χ1v) is 10.3. The van der Waals surface area contributed by atoms with Gasteiger partial charge in [0.2, 0.25) is 5.91 Å². The minimum absolute atomic E-state index is 0.168. The lowest BCUT2D eigenvalue weighted by molar-refractivity contribution is -0.138. The van der Waals surface area contributed by atoms with Crippen molar-refractivity contribution in [3.05, 3.63) is 77.9 Å². The monoisotopic (exact) mass is 400 g/mol. The van der Waals surface area contributed by atoms with Crippen LogP contribution in [0.25, 0.3) is 10.8 Å². The van der Waals surface area contributed by atoms with Crippen molar-refractivity contribution >= 4 is 16.7 Å². The first-order chi connectivity index (χ1) is 14.5. The van der Waals surface area contributed by atoms with Gasteiger partial charge in [0.15, 0.2) is 0 Å². The SMILES string of the molecule is CCN(CC)C(=O)C(C)(C#N)C(c1ccccc1OC)c1cccc2ccccc12. The summed E-state index contributed by atoms with van der Waals surface area (Å²) < 4.78 is 5.66. The Morgan fingerprint density at radius 3 is 2.27 bits per heavy atom. The number of nitriles is 1. The van der Waals surface area contributed by atoms with Crippen LogP contribution in [0.15, 0.2) is 66.7 Å². The van der Waals surface area contributed by atoms with Gasteiger partial charge >= 0.3 is 0 Å². The van der Waals surface area contributed by atoms with E-state index in [9.17, 15) is 10.1 Å². The molecule has 0 spiro atoms. The van der Waals surface area contributed by atoms with Crippen LogP contribution in [0.2, 0.25) is 0 Å². The molecule has 0 saturated heterocycles. The maximum atomic E-state index is 13.6. The summed E-state index contributed by atoms with van der Waals surface area (Å²) in [6.45, 7) is 6.75. The van der Waals surface area contributed by atoms with E-state index < -0.39 is 11.3 Å². The largest absolute Gasteiger partial charge is 0.496 e. The lowest BCUT2D eigenvalue weighted by Crippen LogP contribution is -2.45. The molecule has 0 heterocycles. The van der Waals surface area contributed by atoms with Gasteiger partial charge in [0.1, 0.15) is 11.2 Å². The van der Waals surface area contributed by atoms with Crippen molar-refractivity contribution < 1.29 is 9.53 Å². The summed E-state index contributed by atoms with van der Waals surface area (Å²) in [6, 6.07) is 24.2. The summed E-state index contributed by atoms with van der Waals surface area (Å²) >= 11 is 0. The molecule has 0 fully saturated rings. The van der Waals surface area contributed by atoms with Crippen LogP contribution in [0.4, 0.5) is 0 Å². The van der Waals surface area contributed by atoms with E-state index in [2.05, 4.69) is 6.07 Å². The van der Waals surface area contributed by atoms with Crippen molar-refractivity contribution in [3.8, 4) is 11.8 Å². The standard InChI is InChI=1S/C26H28N2O2/c1-5-28(6-2)25(29)26(3,18-27)24(22-15-9-10-17-23(22)30-4)21-16-11-13-19-12-7-8-14-20(19)21/h7-17,24H,5-6H2,1-4H3. The Morgan fingerprint density at radius 2 is 1.60 bits per heavy atom. The average Bonchev–Trinajstić information content (AvgIpc) is 2.80. The van der Waals surface area contributed by atoms with E-state index in [0.29, 0.717) is 18.8 Å². The van der Waals surface area contributed by atoms with Gasteiger partial charge in [0.25, 0.3) is 0 Å². The maximum absolute atomic E-state index is 13.6. The number of methoxy groups -OCH3 is 1. The van der Waals surface area contributed by atoms with Crippen molar-refractivity contribution in [1.29, 1.82) is 5.26 Å². The molecule has 4 nitrogen and oxygen atoms in total. The zero-order valence-electron chi connectivity index (χ0n) is 18.1. The molecule has 2 unspecified atom stereocenters. The van der Waals surface area contributed by atoms with Crippen LogP contribution >= 0.6 is 0 Å². The fourth-order valence-corrected chi connectivity index (χ4v) is 4.27.